The first kappa shape index (κ1) is 20.3. The van der Waals surface area contributed by atoms with Gasteiger partial charge in [-0.05, 0) is 50.5 Å². The van der Waals surface area contributed by atoms with Crippen molar-refractivity contribution in [1.29, 1.82) is 0 Å². The van der Waals surface area contributed by atoms with E-state index in [0.717, 1.165) is 36.4 Å². The van der Waals surface area contributed by atoms with Crippen LogP contribution in [0.2, 0.25) is 0 Å². The molecular weight excluding hydrogens is 366 g/mol. The van der Waals surface area contributed by atoms with Crippen LogP contribution in [0.15, 0.2) is 18.2 Å². The van der Waals surface area contributed by atoms with E-state index in [1.165, 1.54) is 6.07 Å². The van der Waals surface area contributed by atoms with Crippen molar-refractivity contribution in [3.8, 4) is 0 Å². The second-order valence-electron chi connectivity index (χ2n) is 7.14. The number of urea groups is 1. The second-order valence-corrected chi connectivity index (χ2v) is 7.14. The van der Waals surface area contributed by atoms with Crippen LogP contribution in [0.5, 0.6) is 0 Å². The molecule has 6 nitrogen and oxygen atoms in total. The number of rotatable bonds is 5. The van der Waals surface area contributed by atoms with E-state index in [0.29, 0.717) is 37.5 Å². The summed E-state index contributed by atoms with van der Waals surface area (Å²) in [7, 11) is 1.63. The second kappa shape index (κ2) is 8.68. The molecule has 1 aromatic heterocycles. The Morgan fingerprint density at radius 2 is 2.14 bits per heavy atom. The lowest BCUT2D eigenvalue weighted by Crippen LogP contribution is -2.42. The first-order valence-corrected chi connectivity index (χ1v) is 9.44. The molecule has 1 atom stereocenters. The number of benzene rings is 1. The van der Waals surface area contributed by atoms with Crippen molar-refractivity contribution >= 4 is 11.7 Å². The Bertz CT molecular complexity index is 853. The third kappa shape index (κ3) is 4.32. The SMILES string of the molecule is COCCn1nc(C)c(NC(=O)N2CCC[C@H](c3cc(F)ccc3F)C2)c1C. The zero-order valence-corrected chi connectivity index (χ0v) is 16.5. The van der Waals surface area contributed by atoms with Gasteiger partial charge in [0.15, 0.2) is 0 Å². The highest BCUT2D eigenvalue weighted by Gasteiger charge is 2.27. The summed E-state index contributed by atoms with van der Waals surface area (Å²) >= 11 is 0. The Hall–Kier alpha value is -2.48. The lowest BCUT2D eigenvalue weighted by atomic mass is 9.90. The van der Waals surface area contributed by atoms with Gasteiger partial charge in [0.25, 0.3) is 0 Å². The van der Waals surface area contributed by atoms with Crippen LogP contribution in [0, 0.1) is 25.5 Å². The summed E-state index contributed by atoms with van der Waals surface area (Å²) in [6, 6.07) is 3.23. The molecule has 0 bridgehead atoms. The molecule has 152 valence electrons. The van der Waals surface area contributed by atoms with E-state index in [9.17, 15) is 13.6 Å². The molecule has 28 heavy (non-hydrogen) atoms. The molecule has 2 heterocycles. The third-order valence-corrected chi connectivity index (χ3v) is 5.23. The van der Waals surface area contributed by atoms with Gasteiger partial charge in [0, 0.05) is 26.1 Å². The average Bonchev–Trinajstić information content (AvgIpc) is 2.95. The van der Waals surface area contributed by atoms with Gasteiger partial charge in [0.05, 0.1) is 30.2 Å². The summed E-state index contributed by atoms with van der Waals surface area (Å²) in [5.41, 5.74) is 2.59. The highest BCUT2D eigenvalue weighted by Crippen LogP contribution is 2.30. The minimum absolute atomic E-state index is 0.221. The summed E-state index contributed by atoms with van der Waals surface area (Å²) in [5, 5.41) is 7.38. The van der Waals surface area contributed by atoms with Crippen molar-refractivity contribution in [2.24, 2.45) is 0 Å². The van der Waals surface area contributed by atoms with E-state index in [-0.39, 0.29) is 11.9 Å². The summed E-state index contributed by atoms with van der Waals surface area (Å²) < 4.78 is 34.6. The largest absolute Gasteiger partial charge is 0.383 e. The lowest BCUT2D eigenvalue weighted by Gasteiger charge is -2.33. The van der Waals surface area contributed by atoms with Crippen LogP contribution in [0.25, 0.3) is 0 Å². The van der Waals surface area contributed by atoms with E-state index < -0.39 is 11.6 Å². The number of likely N-dealkylation sites (tertiary alicyclic amines) is 1. The van der Waals surface area contributed by atoms with Crippen LogP contribution >= 0.6 is 0 Å². The number of carbonyl (C=O) groups excluding carboxylic acids is 1. The smallest absolute Gasteiger partial charge is 0.321 e. The number of halogens is 2. The quantitative estimate of drug-likeness (QED) is 0.841. The van der Waals surface area contributed by atoms with Crippen molar-refractivity contribution in [2.75, 3.05) is 32.1 Å². The maximum Gasteiger partial charge on any atom is 0.321 e. The van der Waals surface area contributed by atoms with Crippen LogP contribution in [0.3, 0.4) is 0 Å². The number of nitrogens with one attached hydrogen (secondary N) is 1. The number of aromatic nitrogens is 2. The summed E-state index contributed by atoms with van der Waals surface area (Å²) in [6.07, 6.45) is 1.45. The van der Waals surface area contributed by atoms with Crippen LogP contribution < -0.4 is 5.32 Å². The van der Waals surface area contributed by atoms with Crippen LogP contribution in [-0.2, 0) is 11.3 Å². The molecule has 0 spiro atoms. The predicted octanol–water partition coefficient (Wildman–Crippen LogP) is 3.84. The molecule has 0 radical (unpaired) electrons. The molecule has 1 fully saturated rings. The zero-order valence-electron chi connectivity index (χ0n) is 16.5. The number of ether oxygens (including phenoxy) is 1. The fourth-order valence-corrected chi connectivity index (χ4v) is 3.70. The summed E-state index contributed by atoms with van der Waals surface area (Å²) in [5.74, 6) is -1.12. The highest BCUT2D eigenvalue weighted by molar-refractivity contribution is 5.90. The van der Waals surface area contributed by atoms with Crippen molar-refractivity contribution in [2.45, 2.75) is 39.2 Å². The van der Waals surface area contributed by atoms with Gasteiger partial charge in [0.1, 0.15) is 11.6 Å². The minimum Gasteiger partial charge on any atom is -0.383 e. The molecule has 1 aliphatic rings. The Kier molecular flexibility index (Phi) is 6.28. The minimum atomic E-state index is -0.465. The molecule has 2 amide bonds. The fourth-order valence-electron chi connectivity index (χ4n) is 3.70. The molecule has 1 saturated heterocycles. The third-order valence-electron chi connectivity index (χ3n) is 5.23. The molecule has 0 saturated carbocycles. The maximum absolute atomic E-state index is 14.1. The van der Waals surface area contributed by atoms with Gasteiger partial charge < -0.3 is 15.0 Å². The molecule has 3 rings (SSSR count). The highest BCUT2D eigenvalue weighted by atomic mass is 19.1. The van der Waals surface area contributed by atoms with Gasteiger partial charge in [0.2, 0.25) is 0 Å². The molecule has 1 aliphatic heterocycles. The van der Waals surface area contributed by atoms with Gasteiger partial charge >= 0.3 is 6.03 Å². The molecule has 1 aromatic carbocycles. The number of piperidine rings is 1. The van der Waals surface area contributed by atoms with Crippen LogP contribution in [-0.4, -0.2) is 47.5 Å². The topological polar surface area (TPSA) is 59.4 Å². The number of carbonyl (C=O) groups is 1. The summed E-state index contributed by atoms with van der Waals surface area (Å²) in [6.45, 7) is 5.79. The van der Waals surface area contributed by atoms with Gasteiger partial charge in [-0.1, -0.05) is 0 Å². The molecule has 0 aliphatic carbocycles. The van der Waals surface area contributed by atoms with Gasteiger partial charge in [-0.15, -0.1) is 0 Å². The Morgan fingerprint density at radius 3 is 2.89 bits per heavy atom. The van der Waals surface area contributed by atoms with Crippen molar-refractivity contribution in [3.63, 3.8) is 0 Å². The first-order valence-electron chi connectivity index (χ1n) is 9.44. The van der Waals surface area contributed by atoms with Crippen molar-refractivity contribution in [1.82, 2.24) is 14.7 Å². The van der Waals surface area contributed by atoms with E-state index in [2.05, 4.69) is 10.4 Å². The zero-order chi connectivity index (χ0) is 20.3. The molecule has 1 N–H and O–H groups in total. The Balaban J connectivity index is 1.71. The molecule has 2 aromatic rings. The molecule has 0 unspecified atom stereocenters. The first-order chi connectivity index (χ1) is 13.4. The number of methoxy groups -OCH3 is 1. The lowest BCUT2D eigenvalue weighted by molar-refractivity contribution is 0.182. The van der Waals surface area contributed by atoms with E-state index >= 15 is 0 Å². The van der Waals surface area contributed by atoms with Gasteiger partial charge in [-0.3, -0.25) is 4.68 Å². The Labute approximate surface area is 163 Å². The molecular formula is C20H26F2N4O2. The predicted molar refractivity (Wildman–Crippen MR) is 103 cm³/mol. The van der Waals surface area contributed by atoms with Crippen LogP contribution in [0.4, 0.5) is 19.3 Å². The van der Waals surface area contributed by atoms with Crippen molar-refractivity contribution < 1.29 is 18.3 Å². The van der Waals surface area contributed by atoms with E-state index in [4.69, 9.17) is 4.74 Å². The standard InChI is InChI=1S/C20H26F2N4O2/c1-13-19(14(2)26(24-13)9-10-28-3)23-20(27)25-8-4-5-15(12-25)17-11-16(21)6-7-18(17)22/h6-7,11,15H,4-5,8-10,12H2,1-3H3,(H,23,27)/t15-/m0/s1. The van der Waals surface area contributed by atoms with Gasteiger partial charge in [-0.2, -0.15) is 5.10 Å². The van der Waals surface area contributed by atoms with Crippen LogP contribution in [0.1, 0.15) is 35.7 Å². The van der Waals surface area contributed by atoms with Crippen molar-refractivity contribution in [3.05, 3.63) is 46.8 Å². The average molecular weight is 392 g/mol. The number of anilines is 1. The van der Waals surface area contributed by atoms with E-state index in [1.54, 1.807) is 16.7 Å². The monoisotopic (exact) mass is 392 g/mol. The number of nitrogens with zero attached hydrogens (tertiary/aromatic N) is 3. The normalized spacial score (nSPS) is 17.0. The fraction of sp³-hybridized carbons (Fsp3) is 0.500. The number of amides is 2. The van der Waals surface area contributed by atoms with E-state index in [1.807, 2.05) is 13.8 Å². The van der Waals surface area contributed by atoms with Gasteiger partial charge in [-0.25, -0.2) is 13.6 Å². The maximum atomic E-state index is 14.1. The summed E-state index contributed by atoms with van der Waals surface area (Å²) in [4.78, 5) is 14.5. The number of hydrogen-bond donors (Lipinski definition) is 1. The number of aryl methyl sites for hydroxylation is 1. The Morgan fingerprint density at radius 1 is 1.36 bits per heavy atom. The number of hydrogen-bond acceptors (Lipinski definition) is 3. The molecule has 8 heteroatoms.